The molecule has 3 amide bonds. The van der Waals surface area contributed by atoms with Crippen LogP contribution >= 0.6 is 0 Å². The maximum Gasteiger partial charge on any atom is 0.316 e. The Morgan fingerprint density at radius 2 is 1.69 bits per heavy atom. The third-order valence-corrected chi connectivity index (χ3v) is 3.34. The maximum atomic E-state index is 12.1. The number of nitrogens with one attached hydrogen (secondary N) is 2. The Balaban J connectivity index is 1.99. The van der Waals surface area contributed by atoms with Crippen LogP contribution in [0.1, 0.15) is 17.3 Å². The molecule has 0 saturated carbocycles. The zero-order valence-corrected chi connectivity index (χ0v) is 14.4. The molecular weight excluding hydrogens is 338 g/mol. The fourth-order valence-electron chi connectivity index (χ4n) is 2.16. The highest BCUT2D eigenvalue weighted by molar-refractivity contribution is 5.95. The first-order chi connectivity index (χ1) is 12.4. The second kappa shape index (κ2) is 8.52. The van der Waals surface area contributed by atoms with Gasteiger partial charge in [0.05, 0.1) is 7.11 Å². The van der Waals surface area contributed by atoms with Gasteiger partial charge in [-0.1, -0.05) is 6.07 Å². The summed E-state index contributed by atoms with van der Waals surface area (Å²) < 4.78 is 10.6. The van der Waals surface area contributed by atoms with E-state index in [1.165, 1.54) is 14.0 Å². The summed E-state index contributed by atoms with van der Waals surface area (Å²) in [6.45, 7) is 1.19. The van der Waals surface area contributed by atoms with E-state index in [9.17, 15) is 14.4 Å². The van der Waals surface area contributed by atoms with Crippen molar-refractivity contribution in [3.63, 3.8) is 0 Å². The van der Waals surface area contributed by atoms with Gasteiger partial charge in [-0.05, 0) is 43.3 Å². The number of ether oxygens (including phenoxy) is 2. The number of anilines is 2. The van der Waals surface area contributed by atoms with Crippen LogP contribution in [0.5, 0.6) is 11.5 Å². The topological polar surface area (TPSA) is 120 Å². The molecule has 136 valence electrons. The van der Waals surface area contributed by atoms with Gasteiger partial charge < -0.3 is 25.8 Å². The largest absolute Gasteiger partial charge is 0.493 e. The molecule has 2 aromatic rings. The lowest BCUT2D eigenvalue weighted by Crippen LogP contribution is -2.21. The third-order valence-electron chi connectivity index (χ3n) is 3.34. The second-order valence-corrected chi connectivity index (χ2v) is 5.33. The van der Waals surface area contributed by atoms with Crippen molar-refractivity contribution in [1.29, 1.82) is 0 Å². The molecule has 0 aliphatic rings. The van der Waals surface area contributed by atoms with Crippen LogP contribution in [0, 0.1) is 0 Å². The molecule has 0 aliphatic carbocycles. The first-order valence-electron chi connectivity index (χ1n) is 7.67. The zero-order valence-electron chi connectivity index (χ0n) is 14.4. The Kier molecular flexibility index (Phi) is 6.15. The molecule has 26 heavy (non-hydrogen) atoms. The summed E-state index contributed by atoms with van der Waals surface area (Å²) >= 11 is 0. The fraction of sp³-hybridized carbons (Fsp3) is 0.167. The highest BCUT2D eigenvalue weighted by Crippen LogP contribution is 2.28. The van der Waals surface area contributed by atoms with E-state index in [0.717, 1.165) is 0 Å². The van der Waals surface area contributed by atoms with Gasteiger partial charge in [-0.2, -0.15) is 0 Å². The molecule has 2 rings (SSSR count). The molecule has 0 unspecified atom stereocenters. The van der Waals surface area contributed by atoms with E-state index in [1.807, 2.05) is 0 Å². The quantitative estimate of drug-likeness (QED) is 0.657. The SMILES string of the molecule is COc1cc(C(C)=O)ccc1OCC(=O)Nc1cccc(NC(N)=O)c1. The monoisotopic (exact) mass is 357 g/mol. The van der Waals surface area contributed by atoms with E-state index >= 15 is 0 Å². The Labute approximate surface area is 150 Å². The van der Waals surface area contributed by atoms with Crippen molar-refractivity contribution >= 4 is 29.1 Å². The molecule has 0 saturated heterocycles. The number of carbonyl (C=O) groups excluding carboxylic acids is 3. The van der Waals surface area contributed by atoms with E-state index < -0.39 is 11.9 Å². The van der Waals surface area contributed by atoms with Crippen LogP contribution in [0.15, 0.2) is 42.5 Å². The standard InChI is InChI=1S/C18H19N3O5/c1-11(22)12-6-7-15(16(8-12)25-2)26-10-17(23)20-13-4-3-5-14(9-13)21-18(19)24/h3-9H,10H2,1-2H3,(H,20,23)(H3,19,21,24). The van der Waals surface area contributed by atoms with Crippen molar-refractivity contribution in [3.05, 3.63) is 48.0 Å². The van der Waals surface area contributed by atoms with Crippen LogP contribution in [0.2, 0.25) is 0 Å². The number of benzene rings is 2. The van der Waals surface area contributed by atoms with Gasteiger partial charge in [0.2, 0.25) is 0 Å². The van der Waals surface area contributed by atoms with Gasteiger partial charge >= 0.3 is 6.03 Å². The number of Topliss-reactive ketones (excluding diaryl/α,β-unsaturated/α-hetero) is 1. The lowest BCUT2D eigenvalue weighted by Gasteiger charge is -2.12. The highest BCUT2D eigenvalue weighted by atomic mass is 16.5. The number of primary amides is 1. The number of nitrogens with two attached hydrogens (primary N) is 1. The predicted molar refractivity (Wildman–Crippen MR) is 96.8 cm³/mol. The molecule has 8 heteroatoms. The van der Waals surface area contributed by atoms with Crippen molar-refractivity contribution in [1.82, 2.24) is 0 Å². The normalized spacial score (nSPS) is 9.92. The summed E-state index contributed by atoms with van der Waals surface area (Å²) in [5, 5.41) is 5.06. The number of urea groups is 1. The molecule has 0 atom stereocenters. The number of hydrogen-bond acceptors (Lipinski definition) is 5. The Hall–Kier alpha value is -3.55. The number of carbonyl (C=O) groups is 3. The van der Waals surface area contributed by atoms with Crippen molar-refractivity contribution < 1.29 is 23.9 Å². The molecule has 0 radical (unpaired) electrons. The number of rotatable bonds is 7. The van der Waals surface area contributed by atoms with Crippen LogP contribution in [0.25, 0.3) is 0 Å². The molecule has 8 nitrogen and oxygen atoms in total. The first kappa shape index (κ1) is 18.8. The molecule has 0 spiro atoms. The first-order valence-corrected chi connectivity index (χ1v) is 7.67. The third kappa shape index (κ3) is 5.23. The highest BCUT2D eigenvalue weighted by Gasteiger charge is 2.11. The minimum absolute atomic E-state index is 0.1000. The van der Waals surface area contributed by atoms with Crippen molar-refractivity contribution in [2.24, 2.45) is 5.73 Å². The smallest absolute Gasteiger partial charge is 0.316 e. The Morgan fingerprint density at radius 1 is 1.00 bits per heavy atom. The minimum atomic E-state index is -0.696. The van der Waals surface area contributed by atoms with Crippen molar-refractivity contribution in [2.75, 3.05) is 24.4 Å². The lowest BCUT2D eigenvalue weighted by atomic mass is 10.1. The van der Waals surface area contributed by atoms with Crippen molar-refractivity contribution in [2.45, 2.75) is 6.92 Å². The van der Waals surface area contributed by atoms with E-state index in [-0.39, 0.29) is 12.4 Å². The summed E-state index contributed by atoms with van der Waals surface area (Å²) in [7, 11) is 1.45. The fourth-order valence-corrected chi connectivity index (χ4v) is 2.16. The van der Waals surface area contributed by atoms with Crippen LogP contribution < -0.4 is 25.8 Å². The molecule has 0 bridgehead atoms. The summed E-state index contributed by atoms with van der Waals surface area (Å²) in [5.74, 6) is 0.200. The average molecular weight is 357 g/mol. The van der Waals surface area contributed by atoms with Crippen LogP contribution in [-0.2, 0) is 4.79 Å². The van der Waals surface area contributed by atoms with Gasteiger partial charge in [0.15, 0.2) is 23.9 Å². The summed E-state index contributed by atoms with van der Waals surface area (Å²) in [6, 6.07) is 10.5. The van der Waals surface area contributed by atoms with Gasteiger partial charge in [0.1, 0.15) is 0 Å². The average Bonchev–Trinajstić information content (AvgIpc) is 2.59. The number of ketones is 1. The molecule has 0 aliphatic heterocycles. The maximum absolute atomic E-state index is 12.1. The van der Waals surface area contributed by atoms with Crippen molar-refractivity contribution in [3.8, 4) is 11.5 Å². The molecule has 0 aromatic heterocycles. The second-order valence-electron chi connectivity index (χ2n) is 5.33. The molecular formula is C18H19N3O5. The zero-order chi connectivity index (χ0) is 19.1. The lowest BCUT2D eigenvalue weighted by molar-refractivity contribution is -0.118. The van der Waals surface area contributed by atoms with Gasteiger partial charge in [0.25, 0.3) is 5.91 Å². The van der Waals surface area contributed by atoms with E-state index in [2.05, 4.69) is 10.6 Å². The summed E-state index contributed by atoms with van der Waals surface area (Å²) in [4.78, 5) is 34.3. The predicted octanol–water partition coefficient (Wildman–Crippen LogP) is 2.41. The molecule has 4 N–H and O–H groups in total. The van der Waals surface area contributed by atoms with Crippen LogP contribution in [0.4, 0.5) is 16.2 Å². The van der Waals surface area contributed by atoms with Crippen LogP contribution in [0.3, 0.4) is 0 Å². The molecule has 2 aromatic carbocycles. The molecule has 0 fully saturated rings. The van der Waals surface area contributed by atoms with Gasteiger partial charge in [0, 0.05) is 16.9 Å². The van der Waals surface area contributed by atoms with Gasteiger partial charge in [-0.25, -0.2) is 4.79 Å². The molecule has 0 heterocycles. The number of hydrogen-bond donors (Lipinski definition) is 3. The minimum Gasteiger partial charge on any atom is -0.493 e. The van der Waals surface area contributed by atoms with Gasteiger partial charge in [-0.3, -0.25) is 9.59 Å². The van der Waals surface area contributed by atoms with Crippen LogP contribution in [-0.4, -0.2) is 31.4 Å². The Morgan fingerprint density at radius 3 is 2.31 bits per heavy atom. The van der Waals surface area contributed by atoms with E-state index in [4.69, 9.17) is 15.2 Å². The summed E-state index contributed by atoms with van der Waals surface area (Å²) in [6.07, 6.45) is 0. The summed E-state index contributed by atoms with van der Waals surface area (Å²) in [5.41, 5.74) is 6.47. The Bertz CT molecular complexity index is 835. The van der Waals surface area contributed by atoms with Gasteiger partial charge in [-0.15, -0.1) is 0 Å². The number of amides is 3. The van der Waals surface area contributed by atoms with E-state index in [0.29, 0.717) is 28.4 Å². The number of methoxy groups -OCH3 is 1. The van der Waals surface area contributed by atoms with E-state index in [1.54, 1.807) is 42.5 Å².